The summed E-state index contributed by atoms with van der Waals surface area (Å²) in [5, 5.41) is 0. The molecule has 7 rings (SSSR count). The predicted molar refractivity (Wildman–Crippen MR) is 165 cm³/mol. The number of hydrogen-bond donors (Lipinski definition) is 0. The fourth-order valence-corrected chi connectivity index (χ4v) is 7.56. The SMILES string of the molecule is C=CC(=O)N1C[C@@H]2COc3c(OC[C@@H]4CCCN4C)nc4c(c3N2C[C@H]1C)CCN(c1cccc2c1C(=O)N(C)CC2)C4. The molecule has 0 unspecified atom stereocenters. The highest BCUT2D eigenvalue weighted by atomic mass is 16.5. The Kier molecular flexibility index (Phi) is 7.19. The van der Waals surface area contributed by atoms with E-state index < -0.39 is 0 Å². The van der Waals surface area contributed by atoms with Crippen LogP contribution in [0.1, 0.15) is 46.9 Å². The number of ether oxygens (including phenoxy) is 2. The van der Waals surface area contributed by atoms with Gasteiger partial charge in [-0.05, 0) is 63.9 Å². The zero-order valence-corrected chi connectivity index (χ0v) is 25.6. The summed E-state index contributed by atoms with van der Waals surface area (Å²) >= 11 is 0. The second-order valence-electron chi connectivity index (χ2n) is 12.7. The van der Waals surface area contributed by atoms with Crippen LogP contribution in [0.3, 0.4) is 0 Å². The lowest BCUT2D eigenvalue weighted by atomic mass is 9.94. The lowest BCUT2D eigenvalue weighted by molar-refractivity contribution is -0.129. The Bertz CT molecular complexity index is 1460. The van der Waals surface area contributed by atoms with Crippen molar-refractivity contribution in [3.8, 4) is 11.6 Å². The van der Waals surface area contributed by atoms with Crippen LogP contribution in [-0.4, -0.2) is 110 Å². The van der Waals surface area contributed by atoms with Gasteiger partial charge in [-0.15, -0.1) is 0 Å². The Morgan fingerprint density at radius 3 is 2.84 bits per heavy atom. The lowest BCUT2D eigenvalue weighted by Gasteiger charge is -2.49. The van der Waals surface area contributed by atoms with Gasteiger partial charge in [0.25, 0.3) is 11.8 Å². The second-order valence-corrected chi connectivity index (χ2v) is 12.7. The molecule has 5 aliphatic heterocycles. The van der Waals surface area contributed by atoms with Gasteiger partial charge < -0.3 is 34.0 Å². The summed E-state index contributed by atoms with van der Waals surface area (Å²) in [7, 11) is 4.03. The van der Waals surface area contributed by atoms with Crippen molar-refractivity contribution < 1.29 is 19.1 Å². The third kappa shape index (κ3) is 4.80. The molecule has 2 aromatic rings. The molecule has 1 aromatic heterocycles. The molecule has 0 N–H and O–H groups in total. The number of nitrogens with zero attached hydrogens (tertiary/aromatic N) is 6. The first kappa shape index (κ1) is 28.0. The van der Waals surface area contributed by atoms with E-state index in [1.165, 1.54) is 18.1 Å². The van der Waals surface area contributed by atoms with E-state index in [0.29, 0.717) is 44.8 Å². The number of likely N-dealkylation sites (N-methyl/N-ethyl adjacent to an activating group) is 2. The van der Waals surface area contributed by atoms with Crippen molar-refractivity contribution >= 4 is 23.2 Å². The third-order valence-corrected chi connectivity index (χ3v) is 10.1. The maximum atomic E-state index is 13.3. The molecule has 2 amide bonds. The molecule has 43 heavy (non-hydrogen) atoms. The predicted octanol–water partition coefficient (Wildman–Crippen LogP) is 2.73. The van der Waals surface area contributed by atoms with Gasteiger partial charge in [0.2, 0.25) is 11.7 Å². The summed E-state index contributed by atoms with van der Waals surface area (Å²) in [5.41, 5.74) is 6.14. The number of aromatic nitrogens is 1. The molecule has 5 aliphatic rings. The van der Waals surface area contributed by atoms with Crippen molar-refractivity contribution in [1.29, 1.82) is 0 Å². The van der Waals surface area contributed by atoms with Gasteiger partial charge in [0, 0.05) is 50.9 Å². The molecule has 0 spiro atoms. The zero-order valence-electron chi connectivity index (χ0n) is 25.6. The Labute approximate surface area is 253 Å². The Balaban J connectivity index is 1.26. The standard InChI is InChI=1S/C33H42N6O4/c1-5-28(40)38-17-24-20-42-31-30(39(24)16-21(38)2)25-12-15-37(27-10-6-8-22-11-14-36(4)33(41)29(22)27)18-26(25)34-32(31)43-19-23-9-7-13-35(23)3/h5-6,8,10,21,23-24H,1,7,9,11-20H2,2-4H3/t21-,23+,24-/m1/s1. The molecule has 10 nitrogen and oxygen atoms in total. The molecule has 1 aromatic carbocycles. The first-order valence-electron chi connectivity index (χ1n) is 15.7. The summed E-state index contributed by atoms with van der Waals surface area (Å²) in [6.07, 6.45) is 5.33. The molecule has 10 heteroatoms. The van der Waals surface area contributed by atoms with Crippen LogP contribution < -0.4 is 19.3 Å². The normalized spacial score (nSPS) is 25.0. The summed E-state index contributed by atoms with van der Waals surface area (Å²) in [6.45, 7) is 11.3. The molecule has 2 fully saturated rings. The second kappa shape index (κ2) is 11.0. The minimum absolute atomic E-state index is 0.0342. The minimum Gasteiger partial charge on any atom is -0.484 e. The van der Waals surface area contributed by atoms with Crippen molar-refractivity contribution in [1.82, 2.24) is 19.7 Å². The molecule has 6 heterocycles. The van der Waals surface area contributed by atoms with Crippen LogP contribution in [0.2, 0.25) is 0 Å². The maximum absolute atomic E-state index is 13.3. The number of carbonyl (C=O) groups is 2. The first-order valence-corrected chi connectivity index (χ1v) is 15.7. The van der Waals surface area contributed by atoms with Crippen LogP contribution in [0.5, 0.6) is 11.6 Å². The minimum atomic E-state index is -0.0403. The Morgan fingerprint density at radius 1 is 1.19 bits per heavy atom. The van der Waals surface area contributed by atoms with Crippen LogP contribution in [0.4, 0.5) is 11.4 Å². The third-order valence-electron chi connectivity index (χ3n) is 10.1. The molecular formula is C33H42N6O4. The largest absolute Gasteiger partial charge is 0.484 e. The van der Waals surface area contributed by atoms with Gasteiger partial charge >= 0.3 is 0 Å². The molecule has 0 radical (unpaired) electrons. The van der Waals surface area contributed by atoms with Crippen molar-refractivity contribution in [2.45, 2.75) is 57.3 Å². The zero-order chi connectivity index (χ0) is 29.8. The van der Waals surface area contributed by atoms with E-state index in [-0.39, 0.29) is 23.9 Å². The topological polar surface area (TPSA) is 81.7 Å². The van der Waals surface area contributed by atoms with E-state index in [4.69, 9.17) is 14.5 Å². The van der Waals surface area contributed by atoms with Crippen LogP contribution in [0.25, 0.3) is 0 Å². The fourth-order valence-electron chi connectivity index (χ4n) is 7.56. The number of hydrogen-bond acceptors (Lipinski definition) is 8. The van der Waals surface area contributed by atoms with Gasteiger partial charge in [-0.2, -0.15) is 0 Å². The van der Waals surface area contributed by atoms with E-state index in [1.54, 1.807) is 0 Å². The number of amides is 2. The monoisotopic (exact) mass is 586 g/mol. The number of pyridine rings is 1. The van der Waals surface area contributed by atoms with Crippen LogP contribution in [0, 0.1) is 0 Å². The number of piperazine rings is 1. The van der Waals surface area contributed by atoms with Crippen LogP contribution in [-0.2, 0) is 24.2 Å². The van der Waals surface area contributed by atoms with Crippen molar-refractivity contribution in [2.75, 3.05) is 69.8 Å². The fraction of sp³-hybridized carbons (Fsp3) is 0.545. The van der Waals surface area contributed by atoms with Crippen LogP contribution >= 0.6 is 0 Å². The van der Waals surface area contributed by atoms with Gasteiger partial charge in [-0.1, -0.05) is 18.7 Å². The van der Waals surface area contributed by atoms with Gasteiger partial charge in [0.05, 0.1) is 35.2 Å². The highest BCUT2D eigenvalue weighted by molar-refractivity contribution is 6.02. The summed E-state index contributed by atoms with van der Waals surface area (Å²) in [6, 6.07) is 6.65. The molecule has 228 valence electrons. The molecule has 0 aliphatic carbocycles. The number of anilines is 2. The molecule has 0 saturated carbocycles. The quantitative estimate of drug-likeness (QED) is 0.495. The summed E-state index contributed by atoms with van der Waals surface area (Å²) in [4.78, 5) is 41.9. The van der Waals surface area contributed by atoms with Crippen molar-refractivity contribution in [3.63, 3.8) is 0 Å². The Hall–Kier alpha value is -3.79. The van der Waals surface area contributed by atoms with E-state index in [0.717, 1.165) is 72.8 Å². The maximum Gasteiger partial charge on any atom is 0.259 e. The van der Waals surface area contributed by atoms with E-state index in [2.05, 4.69) is 53.4 Å². The van der Waals surface area contributed by atoms with Gasteiger partial charge in [-0.25, -0.2) is 4.98 Å². The van der Waals surface area contributed by atoms with Gasteiger partial charge in [0.1, 0.15) is 13.2 Å². The average molecular weight is 587 g/mol. The summed E-state index contributed by atoms with van der Waals surface area (Å²) in [5.74, 6) is 1.33. The lowest BCUT2D eigenvalue weighted by Crippen LogP contribution is -2.62. The molecule has 3 atom stereocenters. The highest BCUT2D eigenvalue weighted by Crippen LogP contribution is 2.47. The number of fused-ring (bicyclic) bond motifs is 6. The van der Waals surface area contributed by atoms with E-state index in [1.807, 2.05) is 16.8 Å². The number of benzene rings is 1. The van der Waals surface area contributed by atoms with Crippen LogP contribution in [0.15, 0.2) is 30.9 Å². The summed E-state index contributed by atoms with van der Waals surface area (Å²) < 4.78 is 13.0. The van der Waals surface area contributed by atoms with E-state index >= 15 is 0 Å². The van der Waals surface area contributed by atoms with Gasteiger partial charge in [-0.3, -0.25) is 9.59 Å². The molecule has 0 bridgehead atoms. The molecular weight excluding hydrogens is 544 g/mol. The Morgan fingerprint density at radius 2 is 2.05 bits per heavy atom. The van der Waals surface area contributed by atoms with E-state index in [9.17, 15) is 9.59 Å². The highest BCUT2D eigenvalue weighted by Gasteiger charge is 2.42. The van der Waals surface area contributed by atoms with Gasteiger partial charge in [0.15, 0.2) is 0 Å². The number of carbonyl (C=O) groups excluding carboxylic acids is 2. The molecule has 2 saturated heterocycles. The first-order chi connectivity index (χ1) is 20.8. The van der Waals surface area contributed by atoms with Crippen molar-refractivity contribution in [3.05, 3.63) is 53.2 Å². The van der Waals surface area contributed by atoms with Crippen molar-refractivity contribution in [2.24, 2.45) is 0 Å². The number of likely N-dealkylation sites (tertiary alicyclic amines) is 1. The number of rotatable bonds is 5. The smallest absolute Gasteiger partial charge is 0.259 e. The average Bonchev–Trinajstić information content (AvgIpc) is 3.44.